The Balaban J connectivity index is 1.81. The predicted molar refractivity (Wildman–Crippen MR) is 89.6 cm³/mol. The maximum atomic E-state index is 12.5. The smallest absolute Gasteiger partial charge is 0.305 e. The first-order valence-corrected chi connectivity index (χ1v) is 8.13. The van der Waals surface area contributed by atoms with Gasteiger partial charge in [0, 0.05) is 10.7 Å². The van der Waals surface area contributed by atoms with E-state index in [1.807, 2.05) is 19.1 Å². The summed E-state index contributed by atoms with van der Waals surface area (Å²) in [7, 11) is 0. The van der Waals surface area contributed by atoms with Crippen LogP contribution in [0.3, 0.4) is 0 Å². The number of halogens is 1. The third-order valence-corrected chi connectivity index (χ3v) is 4.59. The molecule has 2 N–H and O–H groups in total. The van der Waals surface area contributed by atoms with Gasteiger partial charge in [-0.05, 0) is 50.5 Å². The van der Waals surface area contributed by atoms with E-state index in [1.54, 1.807) is 22.9 Å². The number of nitrogens with zero attached hydrogens (tertiary/aromatic N) is 2. The molecule has 1 aromatic carbocycles. The lowest BCUT2D eigenvalue weighted by molar-refractivity contribution is -0.139. The minimum Gasteiger partial charge on any atom is -0.481 e. The molecule has 1 aromatic heterocycles. The molecule has 2 aromatic rings. The van der Waals surface area contributed by atoms with Crippen molar-refractivity contribution in [1.29, 1.82) is 0 Å². The molecule has 0 radical (unpaired) electrons. The number of rotatable bonds is 5. The molecule has 6 nitrogen and oxygen atoms in total. The van der Waals surface area contributed by atoms with E-state index >= 15 is 0 Å². The van der Waals surface area contributed by atoms with Crippen LogP contribution >= 0.6 is 11.6 Å². The second kappa shape index (κ2) is 6.28. The number of carbonyl (C=O) groups excluding carboxylic acids is 1. The Bertz CT molecular complexity index is 796. The highest BCUT2D eigenvalue weighted by Gasteiger charge is 2.40. The fourth-order valence-electron chi connectivity index (χ4n) is 3.00. The SMILES string of the molecule is Cc1cc(C(=O)NC2(CC(=O)O)CCC2)nn1-c1cccc(Cl)c1. The van der Waals surface area contributed by atoms with Crippen molar-refractivity contribution in [3.05, 3.63) is 46.7 Å². The van der Waals surface area contributed by atoms with Gasteiger partial charge in [-0.3, -0.25) is 9.59 Å². The normalized spacial score (nSPS) is 15.6. The molecule has 126 valence electrons. The summed E-state index contributed by atoms with van der Waals surface area (Å²) in [5, 5.41) is 16.8. The van der Waals surface area contributed by atoms with Crippen molar-refractivity contribution in [2.75, 3.05) is 0 Å². The lowest BCUT2D eigenvalue weighted by Gasteiger charge is -2.41. The molecular formula is C17H18ClN3O3. The highest BCUT2D eigenvalue weighted by atomic mass is 35.5. The number of aryl methyl sites for hydroxylation is 1. The van der Waals surface area contributed by atoms with Gasteiger partial charge < -0.3 is 10.4 Å². The van der Waals surface area contributed by atoms with Crippen molar-refractivity contribution in [3.63, 3.8) is 0 Å². The fraction of sp³-hybridized carbons (Fsp3) is 0.353. The Morgan fingerprint density at radius 1 is 1.38 bits per heavy atom. The predicted octanol–water partition coefficient (Wildman–Crippen LogP) is 2.96. The van der Waals surface area contributed by atoms with Crippen LogP contribution < -0.4 is 5.32 Å². The van der Waals surface area contributed by atoms with E-state index in [1.165, 1.54) is 0 Å². The molecule has 24 heavy (non-hydrogen) atoms. The van der Waals surface area contributed by atoms with Crippen molar-refractivity contribution in [1.82, 2.24) is 15.1 Å². The van der Waals surface area contributed by atoms with Crippen molar-refractivity contribution < 1.29 is 14.7 Å². The van der Waals surface area contributed by atoms with E-state index in [0.717, 1.165) is 17.8 Å². The molecule has 1 aliphatic carbocycles. The molecule has 0 unspecified atom stereocenters. The first-order valence-electron chi connectivity index (χ1n) is 7.75. The Morgan fingerprint density at radius 3 is 2.71 bits per heavy atom. The van der Waals surface area contributed by atoms with Crippen LogP contribution in [0.2, 0.25) is 5.02 Å². The molecular weight excluding hydrogens is 330 g/mol. The average molecular weight is 348 g/mol. The van der Waals surface area contributed by atoms with E-state index in [2.05, 4.69) is 10.4 Å². The molecule has 0 aliphatic heterocycles. The van der Waals surface area contributed by atoms with Crippen LogP contribution in [0.5, 0.6) is 0 Å². The van der Waals surface area contributed by atoms with Crippen molar-refractivity contribution >= 4 is 23.5 Å². The Labute approximate surface area is 144 Å². The van der Waals surface area contributed by atoms with Crippen molar-refractivity contribution in [2.24, 2.45) is 0 Å². The molecule has 0 atom stereocenters. The van der Waals surface area contributed by atoms with Crippen molar-refractivity contribution in [3.8, 4) is 5.69 Å². The fourth-order valence-corrected chi connectivity index (χ4v) is 3.18. The molecule has 1 aliphatic rings. The number of aliphatic carboxylic acids is 1. The van der Waals surface area contributed by atoms with Crippen molar-refractivity contribution in [2.45, 2.75) is 38.1 Å². The van der Waals surface area contributed by atoms with Crippen LogP contribution in [-0.2, 0) is 4.79 Å². The van der Waals surface area contributed by atoms with E-state index in [-0.39, 0.29) is 18.0 Å². The number of carboxylic acids is 1. The zero-order valence-corrected chi connectivity index (χ0v) is 14.0. The first-order chi connectivity index (χ1) is 11.4. The zero-order valence-electron chi connectivity index (χ0n) is 13.3. The summed E-state index contributed by atoms with van der Waals surface area (Å²) in [6.45, 7) is 1.85. The molecule has 3 rings (SSSR count). The van der Waals surface area contributed by atoms with Crippen LogP contribution in [-0.4, -0.2) is 32.3 Å². The lowest BCUT2D eigenvalue weighted by atomic mass is 9.74. The quantitative estimate of drug-likeness (QED) is 0.870. The van der Waals surface area contributed by atoms with Crippen LogP contribution in [0.4, 0.5) is 0 Å². The Hall–Kier alpha value is -2.34. The van der Waals surface area contributed by atoms with E-state index in [9.17, 15) is 9.59 Å². The number of carboxylic acid groups (broad SMARTS) is 1. The minimum absolute atomic E-state index is 0.0628. The maximum Gasteiger partial charge on any atom is 0.305 e. The molecule has 1 saturated carbocycles. The van der Waals surface area contributed by atoms with Crippen LogP contribution in [0.1, 0.15) is 41.9 Å². The zero-order chi connectivity index (χ0) is 17.3. The first kappa shape index (κ1) is 16.5. The lowest BCUT2D eigenvalue weighted by Crippen LogP contribution is -2.54. The third-order valence-electron chi connectivity index (χ3n) is 4.35. The van der Waals surface area contributed by atoms with Crippen LogP contribution in [0.25, 0.3) is 5.69 Å². The standard InChI is InChI=1S/C17H18ClN3O3/c1-11-8-14(20-21(11)13-5-2-4-12(18)9-13)16(24)19-17(6-3-7-17)10-15(22)23/h2,4-5,8-9H,3,6-7,10H2,1H3,(H,19,24)(H,22,23). The topological polar surface area (TPSA) is 84.2 Å². The van der Waals surface area contributed by atoms with Crippen LogP contribution in [0.15, 0.2) is 30.3 Å². The van der Waals surface area contributed by atoms with E-state index in [0.29, 0.717) is 17.9 Å². The number of aromatic nitrogens is 2. The highest BCUT2D eigenvalue weighted by molar-refractivity contribution is 6.30. The van der Waals surface area contributed by atoms with Gasteiger partial charge in [0.25, 0.3) is 5.91 Å². The minimum atomic E-state index is -0.907. The second-order valence-corrected chi connectivity index (χ2v) is 6.66. The van der Waals surface area contributed by atoms with Crippen LogP contribution in [0, 0.1) is 6.92 Å². The summed E-state index contributed by atoms with van der Waals surface area (Å²) in [5.41, 5.74) is 1.19. The summed E-state index contributed by atoms with van der Waals surface area (Å²) in [5.74, 6) is -1.25. The van der Waals surface area contributed by atoms with E-state index in [4.69, 9.17) is 16.7 Å². The molecule has 0 spiro atoms. The molecule has 0 bridgehead atoms. The molecule has 7 heteroatoms. The van der Waals surface area contributed by atoms with Gasteiger partial charge in [0.1, 0.15) is 0 Å². The highest BCUT2D eigenvalue weighted by Crippen LogP contribution is 2.35. The number of hydrogen-bond donors (Lipinski definition) is 2. The van der Waals surface area contributed by atoms with E-state index < -0.39 is 11.5 Å². The summed E-state index contributed by atoms with van der Waals surface area (Å²) < 4.78 is 1.64. The van der Waals surface area contributed by atoms with Gasteiger partial charge in [0.15, 0.2) is 5.69 Å². The van der Waals surface area contributed by atoms with Gasteiger partial charge in [-0.25, -0.2) is 4.68 Å². The Kier molecular flexibility index (Phi) is 4.32. The Morgan fingerprint density at radius 2 is 2.12 bits per heavy atom. The van der Waals surface area contributed by atoms with Gasteiger partial charge in [0.05, 0.1) is 17.6 Å². The van der Waals surface area contributed by atoms with Gasteiger partial charge >= 0.3 is 5.97 Å². The maximum absolute atomic E-state index is 12.5. The van der Waals surface area contributed by atoms with Gasteiger partial charge in [-0.15, -0.1) is 0 Å². The summed E-state index contributed by atoms with van der Waals surface area (Å²) in [6.07, 6.45) is 2.22. The number of amides is 1. The monoisotopic (exact) mass is 347 g/mol. The molecule has 0 saturated heterocycles. The van der Waals surface area contributed by atoms with Gasteiger partial charge in [-0.2, -0.15) is 5.10 Å². The second-order valence-electron chi connectivity index (χ2n) is 6.22. The summed E-state index contributed by atoms with van der Waals surface area (Å²) in [6, 6.07) is 8.88. The largest absolute Gasteiger partial charge is 0.481 e. The number of carbonyl (C=O) groups is 2. The van der Waals surface area contributed by atoms with Gasteiger partial charge in [-0.1, -0.05) is 17.7 Å². The number of nitrogens with one attached hydrogen (secondary N) is 1. The third kappa shape index (κ3) is 3.28. The summed E-state index contributed by atoms with van der Waals surface area (Å²) in [4.78, 5) is 23.5. The van der Waals surface area contributed by atoms with Gasteiger partial charge in [0.2, 0.25) is 0 Å². The summed E-state index contributed by atoms with van der Waals surface area (Å²) >= 11 is 6.00. The average Bonchev–Trinajstić information content (AvgIpc) is 2.86. The number of hydrogen-bond acceptors (Lipinski definition) is 3. The molecule has 1 heterocycles. The number of benzene rings is 1. The molecule has 1 amide bonds. The molecule has 1 fully saturated rings.